The van der Waals surface area contributed by atoms with E-state index in [4.69, 9.17) is 4.74 Å². The van der Waals surface area contributed by atoms with Crippen LogP contribution in [0.1, 0.15) is 24.9 Å². The number of methoxy groups -OCH3 is 1. The lowest BCUT2D eigenvalue weighted by atomic mass is 10.2. The van der Waals surface area contributed by atoms with Crippen LogP contribution in [0.3, 0.4) is 0 Å². The van der Waals surface area contributed by atoms with Crippen LogP contribution in [-0.4, -0.2) is 32.4 Å². The summed E-state index contributed by atoms with van der Waals surface area (Å²) in [6, 6.07) is 11.3. The minimum absolute atomic E-state index is 0.154. The van der Waals surface area contributed by atoms with Crippen molar-refractivity contribution in [2.24, 2.45) is 0 Å². The van der Waals surface area contributed by atoms with Gasteiger partial charge in [0, 0.05) is 30.9 Å². The number of halogens is 3. The molecule has 4 aromatic rings. The molecule has 1 N–H and O–H groups in total. The third-order valence-corrected chi connectivity index (χ3v) is 5.25. The van der Waals surface area contributed by atoms with E-state index in [0.717, 1.165) is 28.3 Å². The Morgan fingerprint density at radius 1 is 1.16 bits per heavy atom. The van der Waals surface area contributed by atoms with Crippen LogP contribution in [0, 0.1) is 6.92 Å². The van der Waals surface area contributed by atoms with Crippen molar-refractivity contribution in [2.45, 2.75) is 39.4 Å². The summed E-state index contributed by atoms with van der Waals surface area (Å²) >= 11 is 0. The van der Waals surface area contributed by atoms with Crippen molar-refractivity contribution in [1.29, 1.82) is 0 Å². The number of aryl methyl sites for hydroxylation is 3. The highest BCUT2D eigenvalue weighted by Gasteiger charge is 2.28. The molecule has 0 unspecified atom stereocenters. The average molecular weight is 443 g/mol. The molecule has 0 spiro atoms. The zero-order valence-electron chi connectivity index (χ0n) is 18.1. The number of nitrogens with one attached hydrogen (secondary N) is 1. The fourth-order valence-electron chi connectivity index (χ4n) is 3.77. The number of benzene rings is 2. The summed E-state index contributed by atoms with van der Waals surface area (Å²) in [7, 11) is 1.60. The van der Waals surface area contributed by atoms with Crippen LogP contribution in [0.4, 0.5) is 24.5 Å². The largest absolute Gasteiger partial charge is 0.494 e. The number of fused-ring (bicyclic) bond motifs is 1. The van der Waals surface area contributed by atoms with Crippen LogP contribution in [0.15, 0.2) is 48.9 Å². The fraction of sp³-hybridized carbons (Fsp3) is 0.304. The molecule has 0 fully saturated rings. The van der Waals surface area contributed by atoms with E-state index in [9.17, 15) is 13.2 Å². The van der Waals surface area contributed by atoms with Crippen LogP contribution < -0.4 is 10.1 Å². The molecule has 0 aliphatic heterocycles. The molecule has 0 saturated carbocycles. The lowest BCUT2D eigenvalue weighted by Gasteiger charge is -2.13. The molecule has 0 aliphatic rings. The lowest BCUT2D eigenvalue weighted by molar-refractivity contribution is -0.134. The van der Waals surface area contributed by atoms with E-state index in [-0.39, 0.29) is 6.42 Å². The third kappa shape index (κ3) is 4.42. The maximum atomic E-state index is 12.8. The second-order valence-corrected chi connectivity index (χ2v) is 7.49. The molecular formula is C23H24F3N5O. The van der Waals surface area contributed by atoms with Crippen molar-refractivity contribution in [3.8, 4) is 11.4 Å². The van der Waals surface area contributed by atoms with E-state index in [2.05, 4.69) is 15.3 Å². The highest BCUT2D eigenvalue weighted by Crippen LogP contribution is 2.32. The summed E-state index contributed by atoms with van der Waals surface area (Å²) in [5.41, 5.74) is 4.68. The van der Waals surface area contributed by atoms with Crippen molar-refractivity contribution >= 4 is 22.4 Å². The summed E-state index contributed by atoms with van der Waals surface area (Å²) in [6.45, 7) is 4.36. The minimum Gasteiger partial charge on any atom is -0.494 e. The van der Waals surface area contributed by atoms with Crippen LogP contribution in [0.5, 0.6) is 5.75 Å². The Morgan fingerprint density at radius 3 is 2.62 bits per heavy atom. The summed E-state index contributed by atoms with van der Waals surface area (Å²) in [5, 5.41) is 3.34. The van der Waals surface area contributed by atoms with Gasteiger partial charge in [-0.15, -0.1) is 0 Å². The lowest BCUT2D eigenvalue weighted by Crippen LogP contribution is -2.11. The zero-order valence-corrected chi connectivity index (χ0v) is 18.1. The number of imidazole rings is 2. The third-order valence-electron chi connectivity index (χ3n) is 5.25. The first-order chi connectivity index (χ1) is 15.3. The van der Waals surface area contributed by atoms with Gasteiger partial charge in [-0.05, 0) is 38.1 Å². The molecule has 2 aromatic heterocycles. The Bertz CT molecular complexity index is 1240. The molecule has 2 aromatic carbocycles. The second-order valence-electron chi connectivity index (χ2n) is 7.49. The van der Waals surface area contributed by atoms with Gasteiger partial charge in [0.25, 0.3) is 0 Å². The van der Waals surface area contributed by atoms with Gasteiger partial charge in [-0.3, -0.25) is 0 Å². The maximum Gasteiger partial charge on any atom is 0.389 e. The number of anilines is 2. The van der Waals surface area contributed by atoms with E-state index in [1.165, 1.54) is 0 Å². The molecule has 0 radical (unpaired) electrons. The number of aromatic nitrogens is 4. The quantitative estimate of drug-likeness (QED) is 0.392. The van der Waals surface area contributed by atoms with Gasteiger partial charge in [-0.25, -0.2) is 9.97 Å². The summed E-state index contributed by atoms with van der Waals surface area (Å²) < 4.78 is 47.6. The van der Waals surface area contributed by atoms with Gasteiger partial charge >= 0.3 is 6.18 Å². The number of para-hydroxylation sites is 1. The minimum atomic E-state index is -4.22. The van der Waals surface area contributed by atoms with Gasteiger partial charge in [0.2, 0.25) is 0 Å². The van der Waals surface area contributed by atoms with Crippen LogP contribution in [0.25, 0.3) is 16.7 Å². The van der Waals surface area contributed by atoms with E-state index in [1.807, 2.05) is 65.6 Å². The van der Waals surface area contributed by atoms with Crippen molar-refractivity contribution in [3.05, 3.63) is 60.4 Å². The van der Waals surface area contributed by atoms with Crippen molar-refractivity contribution in [2.75, 3.05) is 12.4 Å². The Hall–Kier alpha value is -3.49. The van der Waals surface area contributed by atoms with E-state index in [1.54, 1.807) is 13.4 Å². The Kier molecular flexibility index (Phi) is 5.82. The summed E-state index contributed by atoms with van der Waals surface area (Å²) in [6.07, 6.45) is -1.64. The smallest absolute Gasteiger partial charge is 0.389 e. The van der Waals surface area contributed by atoms with Crippen molar-refractivity contribution < 1.29 is 17.9 Å². The van der Waals surface area contributed by atoms with Crippen LogP contribution >= 0.6 is 0 Å². The summed E-state index contributed by atoms with van der Waals surface area (Å²) in [5.74, 6) is 1.09. The first-order valence-electron chi connectivity index (χ1n) is 10.3. The number of alkyl halides is 3. The molecule has 6 nitrogen and oxygen atoms in total. The Morgan fingerprint density at radius 2 is 1.97 bits per heavy atom. The van der Waals surface area contributed by atoms with E-state index in [0.29, 0.717) is 23.6 Å². The Balaban J connectivity index is 1.67. The maximum absolute atomic E-state index is 12.8. The predicted octanol–water partition coefficient (Wildman–Crippen LogP) is 5.80. The van der Waals surface area contributed by atoms with Crippen molar-refractivity contribution in [1.82, 2.24) is 19.1 Å². The number of ether oxygens (including phenoxy) is 1. The molecule has 0 atom stereocenters. The van der Waals surface area contributed by atoms with Crippen LogP contribution in [-0.2, 0) is 13.0 Å². The van der Waals surface area contributed by atoms with Gasteiger partial charge in [-0.2, -0.15) is 13.2 Å². The zero-order chi connectivity index (χ0) is 22.9. The summed E-state index contributed by atoms with van der Waals surface area (Å²) in [4.78, 5) is 8.80. The molecule has 0 saturated heterocycles. The monoisotopic (exact) mass is 443 g/mol. The highest BCUT2D eigenvalue weighted by molar-refractivity contribution is 5.91. The van der Waals surface area contributed by atoms with Crippen LogP contribution in [0.2, 0.25) is 0 Å². The number of rotatable bonds is 7. The van der Waals surface area contributed by atoms with E-state index >= 15 is 0 Å². The molecule has 2 heterocycles. The molecule has 4 rings (SSSR count). The molecule has 0 bridgehead atoms. The first kappa shape index (κ1) is 21.7. The Labute approximate surface area is 183 Å². The molecule has 0 aliphatic carbocycles. The topological polar surface area (TPSA) is 56.9 Å². The fourth-order valence-corrected chi connectivity index (χ4v) is 3.77. The van der Waals surface area contributed by atoms with Gasteiger partial charge in [0.05, 0.1) is 42.4 Å². The van der Waals surface area contributed by atoms with Gasteiger partial charge < -0.3 is 19.2 Å². The molecule has 32 heavy (non-hydrogen) atoms. The molecule has 0 amide bonds. The van der Waals surface area contributed by atoms with Gasteiger partial charge in [0.15, 0.2) is 0 Å². The molecule has 168 valence electrons. The normalized spacial score (nSPS) is 11.8. The highest BCUT2D eigenvalue weighted by atomic mass is 19.4. The first-order valence-corrected chi connectivity index (χ1v) is 10.3. The van der Waals surface area contributed by atoms with Gasteiger partial charge in [0.1, 0.15) is 17.1 Å². The van der Waals surface area contributed by atoms with E-state index < -0.39 is 12.6 Å². The molecule has 9 heteroatoms. The SMILES string of the molecule is CCn1c(CCC(F)(F)F)nc2c(Nc3ccc(-n4cnc(C)c4)c(OC)c3)cccc21. The average Bonchev–Trinajstić information content (AvgIpc) is 3.35. The van der Waals surface area contributed by atoms with Gasteiger partial charge in [-0.1, -0.05) is 6.07 Å². The number of hydrogen-bond donors (Lipinski definition) is 1. The predicted molar refractivity (Wildman–Crippen MR) is 118 cm³/mol. The van der Waals surface area contributed by atoms with Crippen molar-refractivity contribution in [3.63, 3.8) is 0 Å². The molecular weight excluding hydrogens is 419 g/mol. The number of nitrogens with zero attached hydrogens (tertiary/aromatic N) is 4. The number of hydrogen-bond acceptors (Lipinski definition) is 4. The standard InChI is InChI=1S/C23H24F3N5O/c1-4-31-19-7-5-6-17(22(19)29-21(31)10-11-23(24,25)26)28-16-8-9-18(20(12-16)32-3)30-13-15(2)27-14-30/h5-9,12-14,28H,4,10-11H2,1-3H3. The second kappa shape index (κ2) is 8.57.